The maximum atomic E-state index is 5.82. The van der Waals surface area contributed by atoms with Crippen molar-refractivity contribution in [2.75, 3.05) is 38.1 Å². The van der Waals surface area contributed by atoms with Gasteiger partial charge in [-0.1, -0.05) is 12.1 Å². The Morgan fingerprint density at radius 2 is 1.84 bits per heavy atom. The number of aryl methyl sites for hydroxylation is 1. The molecule has 2 N–H and O–H groups in total. The monoisotopic (exact) mass is 258 g/mol. The molecule has 2 heterocycles. The summed E-state index contributed by atoms with van der Waals surface area (Å²) in [5.74, 6) is 0. The SMILES string of the molecule is CN1CCN(c2cccc3cc(CN)n(C)c23)CC1. The molecule has 1 fully saturated rings. The number of rotatable bonds is 2. The second kappa shape index (κ2) is 4.87. The van der Waals surface area contributed by atoms with Crippen LogP contribution in [0.2, 0.25) is 0 Å². The average Bonchev–Trinajstić information content (AvgIpc) is 2.76. The standard InChI is InChI=1S/C15H22N4/c1-17-6-8-19(9-7-17)14-5-3-4-12-10-13(11-16)18(2)15(12)14/h3-5,10H,6-9,11,16H2,1-2H3. The first-order valence-electron chi connectivity index (χ1n) is 6.91. The molecule has 0 aliphatic carbocycles. The van der Waals surface area contributed by atoms with Crippen LogP contribution in [0.15, 0.2) is 24.3 Å². The summed E-state index contributed by atoms with van der Waals surface area (Å²) in [5, 5.41) is 1.29. The fourth-order valence-electron chi connectivity index (χ4n) is 2.95. The minimum absolute atomic E-state index is 0.591. The van der Waals surface area contributed by atoms with Gasteiger partial charge in [0, 0.05) is 50.9 Å². The number of likely N-dealkylation sites (N-methyl/N-ethyl adjacent to an activating group) is 1. The highest BCUT2D eigenvalue weighted by atomic mass is 15.3. The molecule has 1 aromatic heterocycles. The number of piperazine rings is 1. The molecule has 0 amide bonds. The first-order valence-corrected chi connectivity index (χ1v) is 6.91. The van der Waals surface area contributed by atoms with E-state index in [0.29, 0.717) is 6.54 Å². The topological polar surface area (TPSA) is 37.4 Å². The Hall–Kier alpha value is -1.52. The van der Waals surface area contributed by atoms with Gasteiger partial charge >= 0.3 is 0 Å². The summed E-state index contributed by atoms with van der Waals surface area (Å²) in [4.78, 5) is 4.87. The van der Waals surface area contributed by atoms with Crippen molar-refractivity contribution < 1.29 is 0 Å². The van der Waals surface area contributed by atoms with Crippen LogP contribution in [0, 0.1) is 0 Å². The Labute approximate surface area is 114 Å². The van der Waals surface area contributed by atoms with Crippen molar-refractivity contribution in [3.05, 3.63) is 30.0 Å². The summed E-state index contributed by atoms with van der Waals surface area (Å²) in [6.07, 6.45) is 0. The Morgan fingerprint density at radius 1 is 1.11 bits per heavy atom. The van der Waals surface area contributed by atoms with Crippen LogP contribution >= 0.6 is 0 Å². The molecule has 1 aliphatic heterocycles. The summed E-state index contributed by atoms with van der Waals surface area (Å²) in [7, 11) is 4.30. The van der Waals surface area contributed by atoms with E-state index < -0.39 is 0 Å². The molecule has 102 valence electrons. The van der Waals surface area contributed by atoms with Gasteiger partial charge in [0.05, 0.1) is 11.2 Å². The van der Waals surface area contributed by atoms with Crippen LogP contribution in [0.3, 0.4) is 0 Å². The number of hydrogen-bond donors (Lipinski definition) is 1. The molecule has 4 heteroatoms. The van der Waals surface area contributed by atoms with Gasteiger partial charge < -0.3 is 20.1 Å². The molecule has 0 atom stereocenters. The largest absolute Gasteiger partial charge is 0.367 e. The van der Waals surface area contributed by atoms with Crippen molar-refractivity contribution in [3.8, 4) is 0 Å². The number of benzene rings is 1. The fourth-order valence-corrected chi connectivity index (χ4v) is 2.95. The number of fused-ring (bicyclic) bond motifs is 1. The zero-order valence-electron chi connectivity index (χ0n) is 11.8. The van der Waals surface area contributed by atoms with E-state index in [4.69, 9.17) is 5.73 Å². The van der Waals surface area contributed by atoms with E-state index >= 15 is 0 Å². The number of anilines is 1. The molecule has 0 unspecified atom stereocenters. The van der Waals surface area contributed by atoms with Gasteiger partial charge in [-0.2, -0.15) is 0 Å². The Balaban J connectivity index is 2.05. The van der Waals surface area contributed by atoms with E-state index in [-0.39, 0.29) is 0 Å². The first kappa shape index (κ1) is 12.5. The number of hydrogen-bond acceptors (Lipinski definition) is 3. The summed E-state index contributed by atoms with van der Waals surface area (Å²) >= 11 is 0. The molecule has 0 saturated carbocycles. The van der Waals surface area contributed by atoms with E-state index in [9.17, 15) is 0 Å². The molecule has 1 aromatic carbocycles. The highest BCUT2D eigenvalue weighted by Crippen LogP contribution is 2.29. The molecule has 3 rings (SSSR count). The van der Waals surface area contributed by atoms with Crippen molar-refractivity contribution in [3.63, 3.8) is 0 Å². The summed E-state index contributed by atoms with van der Waals surface area (Å²) in [5.41, 5.74) is 9.66. The van der Waals surface area contributed by atoms with Gasteiger partial charge in [-0.05, 0) is 19.2 Å². The van der Waals surface area contributed by atoms with Crippen molar-refractivity contribution in [2.24, 2.45) is 12.8 Å². The number of nitrogens with two attached hydrogens (primary N) is 1. The maximum absolute atomic E-state index is 5.82. The van der Waals surface area contributed by atoms with E-state index in [1.54, 1.807) is 0 Å². The van der Waals surface area contributed by atoms with E-state index in [0.717, 1.165) is 26.2 Å². The van der Waals surface area contributed by atoms with Gasteiger partial charge in [0.2, 0.25) is 0 Å². The molecular formula is C15H22N4. The molecule has 0 radical (unpaired) electrons. The van der Waals surface area contributed by atoms with Gasteiger partial charge in [0.1, 0.15) is 0 Å². The number of aromatic nitrogens is 1. The molecule has 0 spiro atoms. The Kier molecular flexibility index (Phi) is 3.21. The Morgan fingerprint density at radius 3 is 2.53 bits per heavy atom. The third kappa shape index (κ3) is 2.11. The molecule has 1 saturated heterocycles. The predicted octanol–water partition coefficient (Wildman–Crippen LogP) is 1.39. The lowest BCUT2D eigenvalue weighted by Crippen LogP contribution is -2.44. The first-order chi connectivity index (χ1) is 9.20. The van der Waals surface area contributed by atoms with Crippen LogP contribution in [0.4, 0.5) is 5.69 Å². The lowest BCUT2D eigenvalue weighted by molar-refractivity contribution is 0.313. The Bertz CT molecular complexity index is 579. The third-order valence-electron chi connectivity index (χ3n) is 4.19. The molecule has 1 aliphatic rings. The lowest BCUT2D eigenvalue weighted by atomic mass is 10.2. The summed E-state index contributed by atoms with van der Waals surface area (Å²) in [6, 6.07) is 8.76. The maximum Gasteiger partial charge on any atom is 0.0718 e. The number of para-hydroxylation sites is 1. The van der Waals surface area contributed by atoms with Crippen LogP contribution < -0.4 is 10.6 Å². The van der Waals surface area contributed by atoms with E-state index in [2.05, 4.69) is 52.7 Å². The van der Waals surface area contributed by atoms with Gasteiger partial charge in [-0.3, -0.25) is 0 Å². The normalized spacial score (nSPS) is 17.3. The highest BCUT2D eigenvalue weighted by Gasteiger charge is 2.18. The fraction of sp³-hybridized carbons (Fsp3) is 0.467. The van der Waals surface area contributed by atoms with Gasteiger partial charge in [0.15, 0.2) is 0 Å². The number of nitrogens with zero attached hydrogens (tertiary/aromatic N) is 3. The molecule has 19 heavy (non-hydrogen) atoms. The summed E-state index contributed by atoms with van der Waals surface area (Å²) < 4.78 is 2.24. The van der Waals surface area contributed by atoms with Crippen molar-refractivity contribution in [1.82, 2.24) is 9.47 Å². The minimum atomic E-state index is 0.591. The van der Waals surface area contributed by atoms with Crippen LogP contribution in [0.5, 0.6) is 0 Å². The molecular weight excluding hydrogens is 236 g/mol. The van der Waals surface area contributed by atoms with E-state index in [1.807, 2.05) is 0 Å². The lowest BCUT2D eigenvalue weighted by Gasteiger charge is -2.34. The highest BCUT2D eigenvalue weighted by molar-refractivity contribution is 5.93. The van der Waals surface area contributed by atoms with Gasteiger partial charge in [-0.15, -0.1) is 0 Å². The average molecular weight is 258 g/mol. The van der Waals surface area contributed by atoms with Crippen LogP contribution in [-0.4, -0.2) is 42.7 Å². The second-order valence-corrected chi connectivity index (χ2v) is 5.40. The zero-order valence-corrected chi connectivity index (χ0v) is 11.8. The van der Waals surface area contributed by atoms with Crippen molar-refractivity contribution in [2.45, 2.75) is 6.54 Å². The molecule has 0 bridgehead atoms. The molecule has 4 nitrogen and oxygen atoms in total. The van der Waals surface area contributed by atoms with Crippen LogP contribution in [0.25, 0.3) is 10.9 Å². The van der Waals surface area contributed by atoms with Crippen molar-refractivity contribution >= 4 is 16.6 Å². The quantitative estimate of drug-likeness (QED) is 0.884. The second-order valence-electron chi connectivity index (χ2n) is 5.40. The van der Waals surface area contributed by atoms with Crippen LogP contribution in [0.1, 0.15) is 5.69 Å². The van der Waals surface area contributed by atoms with Crippen molar-refractivity contribution in [1.29, 1.82) is 0 Å². The zero-order chi connectivity index (χ0) is 13.4. The van der Waals surface area contributed by atoms with E-state index in [1.165, 1.54) is 22.3 Å². The summed E-state index contributed by atoms with van der Waals surface area (Å²) in [6.45, 7) is 5.04. The minimum Gasteiger partial charge on any atom is -0.367 e. The van der Waals surface area contributed by atoms with Gasteiger partial charge in [-0.25, -0.2) is 0 Å². The van der Waals surface area contributed by atoms with Crippen LogP contribution in [-0.2, 0) is 13.6 Å². The smallest absolute Gasteiger partial charge is 0.0718 e. The molecule has 2 aromatic rings. The predicted molar refractivity (Wildman–Crippen MR) is 80.5 cm³/mol. The third-order valence-corrected chi connectivity index (χ3v) is 4.19. The van der Waals surface area contributed by atoms with Gasteiger partial charge in [0.25, 0.3) is 0 Å².